The van der Waals surface area contributed by atoms with Gasteiger partial charge in [0, 0.05) is 25.5 Å². The smallest absolute Gasteiger partial charge is 0.339 e. The first-order valence-corrected chi connectivity index (χ1v) is 11.5. The summed E-state index contributed by atoms with van der Waals surface area (Å²) in [6, 6.07) is 20.4. The van der Waals surface area contributed by atoms with Crippen molar-refractivity contribution in [2.45, 2.75) is 13.8 Å². The number of carbonyl (C=O) groups excluding carboxylic acids is 2. The SMILES string of the molecule is Cc1ccc(C(=O)COC(=O)c2cc(-c3ccc(Br)cc3)nc3ccc(Br)cc23)cc1C. The molecule has 0 aliphatic carbocycles. The summed E-state index contributed by atoms with van der Waals surface area (Å²) in [5, 5.41) is 0.656. The largest absolute Gasteiger partial charge is 0.454 e. The van der Waals surface area contributed by atoms with E-state index in [0.717, 1.165) is 25.6 Å². The Balaban J connectivity index is 1.66. The Hall–Kier alpha value is -2.83. The number of ether oxygens (including phenoxy) is 1. The van der Waals surface area contributed by atoms with Crippen LogP contribution in [0.2, 0.25) is 0 Å². The maximum absolute atomic E-state index is 13.0. The van der Waals surface area contributed by atoms with Crippen molar-refractivity contribution >= 4 is 54.5 Å². The molecule has 160 valence electrons. The summed E-state index contributed by atoms with van der Waals surface area (Å²) in [6.07, 6.45) is 0. The minimum absolute atomic E-state index is 0.242. The van der Waals surface area contributed by atoms with Crippen molar-refractivity contribution in [1.82, 2.24) is 4.98 Å². The summed E-state index contributed by atoms with van der Waals surface area (Å²) in [6.45, 7) is 3.61. The molecule has 1 aromatic heterocycles. The molecule has 0 atom stereocenters. The van der Waals surface area contributed by atoms with E-state index in [1.807, 2.05) is 68.4 Å². The number of nitrogens with zero attached hydrogens (tertiary/aromatic N) is 1. The Morgan fingerprint density at radius 2 is 1.56 bits per heavy atom. The van der Waals surface area contributed by atoms with E-state index >= 15 is 0 Å². The third kappa shape index (κ3) is 4.81. The minimum Gasteiger partial charge on any atom is -0.454 e. The van der Waals surface area contributed by atoms with Gasteiger partial charge in [-0.15, -0.1) is 0 Å². The molecule has 4 aromatic rings. The highest BCUT2D eigenvalue weighted by atomic mass is 79.9. The zero-order valence-electron chi connectivity index (χ0n) is 17.5. The number of esters is 1. The summed E-state index contributed by atoms with van der Waals surface area (Å²) in [4.78, 5) is 30.3. The van der Waals surface area contributed by atoms with Crippen molar-refractivity contribution < 1.29 is 14.3 Å². The molecule has 4 nitrogen and oxygen atoms in total. The van der Waals surface area contributed by atoms with Crippen LogP contribution in [0.15, 0.2) is 75.7 Å². The van der Waals surface area contributed by atoms with Crippen LogP contribution in [0.4, 0.5) is 0 Å². The highest BCUT2D eigenvalue weighted by molar-refractivity contribution is 9.10. The van der Waals surface area contributed by atoms with E-state index in [2.05, 4.69) is 31.9 Å². The van der Waals surface area contributed by atoms with Crippen molar-refractivity contribution in [2.24, 2.45) is 0 Å². The van der Waals surface area contributed by atoms with E-state index in [0.29, 0.717) is 27.7 Å². The Labute approximate surface area is 202 Å². The van der Waals surface area contributed by atoms with Gasteiger partial charge in [0.25, 0.3) is 0 Å². The van der Waals surface area contributed by atoms with E-state index in [9.17, 15) is 9.59 Å². The minimum atomic E-state index is -0.564. The van der Waals surface area contributed by atoms with E-state index < -0.39 is 5.97 Å². The summed E-state index contributed by atoms with van der Waals surface area (Å²) in [7, 11) is 0. The first-order valence-electron chi connectivity index (χ1n) is 9.95. The highest BCUT2D eigenvalue weighted by Gasteiger charge is 2.18. The predicted molar refractivity (Wildman–Crippen MR) is 133 cm³/mol. The van der Waals surface area contributed by atoms with Crippen molar-refractivity contribution in [3.05, 3.63) is 97.9 Å². The van der Waals surface area contributed by atoms with Gasteiger partial charge in [-0.3, -0.25) is 4.79 Å². The molecular weight excluding hydrogens is 534 g/mol. The highest BCUT2D eigenvalue weighted by Crippen LogP contribution is 2.28. The molecule has 0 saturated heterocycles. The molecule has 32 heavy (non-hydrogen) atoms. The van der Waals surface area contributed by atoms with Crippen molar-refractivity contribution in [1.29, 1.82) is 0 Å². The molecule has 0 aliphatic rings. The normalized spacial score (nSPS) is 10.9. The number of rotatable bonds is 5. The van der Waals surface area contributed by atoms with E-state index in [1.54, 1.807) is 12.1 Å². The second kappa shape index (κ2) is 9.35. The Kier molecular flexibility index (Phi) is 6.53. The maximum Gasteiger partial charge on any atom is 0.339 e. The number of aryl methyl sites for hydroxylation is 2. The molecule has 0 radical (unpaired) electrons. The number of benzene rings is 3. The zero-order chi connectivity index (χ0) is 22.8. The molecule has 0 fully saturated rings. The lowest BCUT2D eigenvalue weighted by molar-refractivity contribution is 0.0476. The number of aromatic nitrogens is 1. The zero-order valence-corrected chi connectivity index (χ0v) is 20.7. The van der Waals surface area contributed by atoms with Crippen LogP contribution in [0.1, 0.15) is 31.8 Å². The number of Topliss-reactive ketones (excluding diaryl/α,β-unsaturated/α-hetero) is 1. The summed E-state index contributed by atoms with van der Waals surface area (Å²) in [5.74, 6) is -0.805. The molecule has 0 aliphatic heterocycles. The molecular formula is C26H19Br2NO3. The topological polar surface area (TPSA) is 56.3 Å². The maximum atomic E-state index is 13.0. The standard InChI is InChI=1S/C26H19Br2NO3/c1-15-3-4-18(11-16(15)2)25(30)14-32-26(31)22-13-24(17-5-7-19(27)8-6-17)29-23-10-9-20(28)12-21(22)23/h3-13H,14H2,1-2H3. The predicted octanol–water partition coefficient (Wildman–Crippen LogP) is 7.08. The van der Waals surface area contributed by atoms with Gasteiger partial charge < -0.3 is 4.74 Å². The summed E-state index contributed by atoms with van der Waals surface area (Å²) in [5.41, 5.74) is 5.21. The van der Waals surface area contributed by atoms with Gasteiger partial charge >= 0.3 is 5.97 Å². The number of fused-ring (bicyclic) bond motifs is 1. The Bertz CT molecular complexity index is 1350. The van der Waals surface area contributed by atoms with Crippen LogP contribution < -0.4 is 0 Å². The molecule has 6 heteroatoms. The van der Waals surface area contributed by atoms with Gasteiger partial charge in [-0.05, 0) is 67.4 Å². The van der Waals surface area contributed by atoms with Crippen LogP contribution >= 0.6 is 31.9 Å². The van der Waals surface area contributed by atoms with Crippen LogP contribution in [0, 0.1) is 13.8 Å². The lowest BCUT2D eigenvalue weighted by Crippen LogP contribution is -2.15. The number of hydrogen-bond donors (Lipinski definition) is 0. The van der Waals surface area contributed by atoms with Gasteiger partial charge in [-0.1, -0.05) is 56.1 Å². The molecule has 0 unspecified atom stereocenters. The van der Waals surface area contributed by atoms with Crippen LogP contribution in [-0.4, -0.2) is 23.3 Å². The number of hydrogen-bond acceptors (Lipinski definition) is 4. The average Bonchev–Trinajstić information content (AvgIpc) is 2.79. The number of ketones is 1. The van der Waals surface area contributed by atoms with Gasteiger partial charge in [-0.2, -0.15) is 0 Å². The van der Waals surface area contributed by atoms with E-state index in [-0.39, 0.29) is 12.4 Å². The number of halogens is 2. The molecule has 0 spiro atoms. The van der Waals surface area contributed by atoms with Crippen molar-refractivity contribution in [3.63, 3.8) is 0 Å². The Morgan fingerprint density at radius 1 is 0.844 bits per heavy atom. The summed E-state index contributed by atoms with van der Waals surface area (Å²) >= 11 is 6.89. The molecule has 0 bridgehead atoms. The van der Waals surface area contributed by atoms with Gasteiger partial charge in [0.05, 0.1) is 16.8 Å². The number of pyridine rings is 1. The quantitative estimate of drug-likeness (QED) is 0.196. The van der Waals surface area contributed by atoms with E-state index in [4.69, 9.17) is 9.72 Å². The molecule has 0 amide bonds. The first kappa shape index (κ1) is 22.4. The van der Waals surface area contributed by atoms with Gasteiger partial charge in [0.15, 0.2) is 12.4 Å². The number of carbonyl (C=O) groups is 2. The van der Waals surface area contributed by atoms with Crippen LogP contribution in [0.25, 0.3) is 22.2 Å². The fourth-order valence-electron chi connectivity index (χ4n) is 3.34. The lowest BCUT2D eigenvalue weighted by Gasteiger charge is -2.11. The fourth-order valence-corrected chi connectivity index (χ4v) is 3.97. The van der Waals surface area contributed by atoms with Crippen molar-refractivity contribution in [2.75, 3.05) is 6.61 Å². The molecule has 0 N–H and O–H groups in total. The Morgan fingerprint density at radius 3 is 2.28 bits per heavy atom. The second-order valence-electron chi connectivity index (χ2n) is 7.52. The van der Waals surface area contributed by atoms with Crippen LogP contribution in [-0.2, 0) is 4.74 Å². The van der Waals surface area contributed by atoms with Gasteiger partial charge in [0.1, 0.15) is 0 Å². The van der Waals surface area contributed by atoms with Crippen LogP contribution in [0.5, 0.6) is 0 Å². The van der Waals surface area contributed by atoms with Crippen LogP contribution in [0.3, 0.4) is 0 Å². The molecule has 1 heterocycles. The average molecular weight is 553 g/mol. The lowest BCUT2D eigenvalue weighted by atomic mass is 10.0. The van der Waals surface area contributed by atoms with Gasteiger partial charge in [0.2, 0.25) is 0 Å². The third-order valence-electron chi connectivity index (χ3n) is 5.29. The van der Waals surface area contributed by atoms with Crippen molar-refractivity contribution in [3.8, 4) is 11.3 Å². The molecule has 3 aromatic carbocycles. The molecule has 0 saturated carbocycles. The monoisotopic (exact) mass is 551 g/mol. The first-order chi connectivity index (χ1) is 15.3. The van der Waals surface area contributed by atoms with Gasteiger partial charge in [-0.25, -0.2) is 9.78 Å². The fraction of sp³-hybridized carbons (Fsp3) is 0.115. The summed E-state index contributed by atoms with van der Waals surface area (Å²) < 4.78 is 7.21. The third-order valence-corrected chi connectivity index (χ3v) is 6.32. The molecule has 4 rings (SSSR count). The second-order valence-corrected chi connectivity index (χ2v) is 9.35. The van der Waals surface area contributed by atoms with E-state index in [1.165, 1.54) is 0 Å².